The molecule has 0 aliphatic carbocycles. The predicted octanol–water partition coefficient (Wildman–Crippen LogP) is -0.616. The first-order valence-electron chi connectivity index (χ1n) is 2.40. The third-order valence-corrected chi connectivity index (χ3v) is 0.891. The van der Waals surface area contributed by atoms with Gasteiger partial charge in [-0.05, 0) is 13.0 Å². The Bertz CT molecular complexity index is 102. The Morgan fingerprint density at radius 3 is 2.86 bits per heavy atom. The molecule has 0 fully saturated rings. The van der Waals surface area contributed by atoms with Crippen LogP contribution in [0.3, 0.4) is 0 Å². The summed E-state index contributed by atoms with van der Waals surface area (Å²) >= 11 is 0. The summed E-state index contributed by atoms with van der Waals surface area (Å²) in [5.74, 6) is 0. The van der Waals surface area contributed by atoms with E-state index in [0.717, 1.165) is 5.66 Å². The Morgan fingerprint density at radius 2 is 2.71 bits per heavy atom. The molecule has 0 saturated carbocycles. The van der Waals surface area contributed by atoms with Crippen LogP contribution in [0.4, 0.5) is 0 Å². The Balaban J connectivity index is 2.50. The Morgan fingerprint density at radius 1 is 2.00 bits per heavy atom. The van der Waals surface area contributed by atoms with Crippen molar-refractivity contribution in [2.75, 3.05) is 0 Å². The molecular formula is C4H8BNO. The second-order valence-corrected chi connectivity index (χ2v) is 1.79. The van der Waals surface area contributed by atoms with E-state index < -0.39 is 0 Å². The fourth-order valence-electron chi connectivity index (χ4n) is 0.606. The number of hydrogen-bond acceptors (Lipinski definition) is 2. The maximum absolute atomic E-state index is 4.88. The molecular weight excluding hydrogens is 88.9 g/mol. The normalized spacial score (nSPS) is 29.3. The Labute approximate surface area is 43.9 Å². The van der Waals surface area contributed by atoms with Crippen LogP contribution in [0.2, 0.25) is 0 Å². The molecule has 0 spiro atoms. The molecule has 0 aromatic carbocycles. The van der Waals surface area contributed by atoms with Gasteiger partial charge in [0.2, 0.25) is 0 Å². The molecule has 0 bridgehead atoms. The number of rotatable bonds is 0. The van der Waals surface area contributed by atoms with Gasteiger partial charge in [0.25, 0.3) is 0 Å². The highest BCUT2D eigenvalue weighted by molar-refractivity contribution is 6.20. The van der Waals surface area contributed by atoms with E-state index in [0.29, 0.717) is 6.04 Å². The van der Waals surface area contributed by atoms with Gasteiger partial charge in [0.05, 0.1) is 11.7 Å². The lowest BCUT2D eigenvalue weighted by Gasteiger charge is -1.96. The summed E-state index contributed by atoms with van der Waals surface area (Å²) in [5.41, 5.74) is 3.74. The standard InChI is InChI=1S/C4H8BNO/c1-3-2-4(5)7-6-3/h2-3,6H,5H2,1H3. The van der Waals surface area contributed by atoms with E-state index in [1.54, 1.807) is 0 Å². The van der Waals surface area contributed by atoms with E-state index in [4.69, 9.17) is 4.84 Å². The molecule has 0 aromatic heterocycles. The third-order valence-electron chi connectivity index (χ3n) is 0.891. The summed E-state index contributed by atoms with van der Waals surface area (Å²) in [7, 11) is 1.93. The highest BCUT2D eigenvalue weighted by Crippen LogP contribution is 2.00. The number of nitrogens with one attached hydrogen (secondary N) is 1. The van der Waals surface area contributed by atoms with Crippen molar-refractivity contribution in [3.8, 4) is 0 Å². The van der Waals surface area contributed by atoms with Crippen LogP contribution in [0.15, 0.2) is 11.7 Å². The zero-order valence-corrected chi connectivity index (χ0v) is 4.56. The van der Waals surface area contributed by atoms with Gasteiger partial charge in [0, 0.05) is 0 Å². The van der Waals surface area contributed by atoms with Crippen LogP contribution in [0.1, 0.15) is 6.92 Å². The van der Waals surface area contributed by atoms with Crippen LogP contribution >= 0.6 is 0 Å². The summed E-state index contributed by atoms with van der Waals surface area (Å²) in [6.45, 7) is 2.04. The van der Waals surface area contributed by atoms with Crippen LogP contribution in [-0.2, 0) is 4.84 Å². The molecule has 1 rings (SSSR count). The Kier molecular flexibility index (Phi) is 1.07. The van der Waals surface area contributed by atoms with Crippen LogP contribution < -0.4 is 5.48 Å². The summed E-state index contributed by atoms with van der Waals surface area (Å²) in [5, 5.41) is 0. The second-order valence-electron chi connectivity index (χ2n) is 1.79. The first-order valence-corrected chi connectivity index (χ1v) is 2.40. The molecule has 0 aromatic rings. The lowest BCUT2D eigenvalue weighted by atomic mass is 10.1. The van der Waals surface area contributed by atoms with Crippen molar-refractivity contribution in [1.29, 1.82) is 0 Å². The predicted molar refractivity (Wildman–Crippen MR) is 30.3 cm³/mol. The quantitative estimate of drug-likeness (QED) is 0.407. The van der Waals surface area contributed by atoms with Crippen LogP contribution in [-0.4, -0.2) is 13.9 Å². The average Bonchev–Trinajstić information content (AvgIpc) is 1.87. The molecule has 38 valence electrons. The smallest absolute Gasteiger partial charge is 0.188 e. The van der Waals surface area contributed by atoms with E-state index in [1.807, 2.05) is 20.8 Å². The molecule has 1 unspecified atom stereocenters. The van der Waals surface area contributed by atoms with Crippen molar-refractivity contribution in [2.45, 2.75) is 13.0 Å². The monoisotopic (exact) mass is 97.1 g/mol. The number of hydrogen-bond donors (Lipinski definition) is 1. The summed E-state index contributed by atoms with van der Waals surface area (Å²) < 4.78 is 0. The largest absolute Gasteiger partial charge is 0.424 e. The second kappa shape index (κ2) is 1.58. The van der Waals surface area contributed by atoms with E-state index in [9.17, 15) is 0 Å². The molecule has 0 radical (unpaired) electrons. The van der Waals surface area contributed by atoms with Crippen molar-refractivity contribution in [1.82, 2.24) is 5.48 Å². The first-order chi connectivity index (χ1) is 3.29. The van der Waals surface area contributed by atoms with Gasteiger partial charge in [-0.1, -0.05) is 0 Å². The van der Waals surface area contributed by atoms with Gasteiger partial charge in [-0.25, -0.2) is 0 Å². The van der Waals surface area contributed by atoms with E-state index >= 15 is 0 Å². The summed E-state index contributed by atoms with van der Waals surface area (Å²) in [6, 6.07) is 0.389. The maximum Gasteiger partial charge on any atom is 0.188 e. The van der Waals surface area contributed by atoms with Gasteiger partial charge in [-0.3, -0.25) is 0 Å². The highest BCUT2D eigenvalue weighted by atomic mass is 16.7. The SMILES string of the molecule is BC1=CC(C)NO1. The van der Waals surface area contributed by atoms with Gasteiger partial charge in [-0.2, -0.15) is 5.48 Å². The molecule has 7 heavy (non-hydrogen) atoms. The van der Waals surface area contributed by atoms with E-state index in [1.165, 1.54) is 0 Å². The lowest BCUT2D eigenvalue weighted by Crippen LogP contribution is -2.15. The van der Waals surface area contributed by atoms with Crippen molar-refractivity contribution in [3.63, 3.8) is 0 Å². The molecule has 1 heterocycles. The zero-order chi connectivity index (χ0) is 5.28. The summed E-state index contributed by atoms with van der Waals surface area (Å²) in [6.07, 6.45) is 2.03. The fourth-order valence-corrected chi connectivity index (χ4v) is 0.606. The van der Waals surface area contributed by atoms with Crippen molar-refractivity contribution in [2.24, 2.45) is 0 Å². The maximum atomic E-state index is 4.88. The van der Waals surface area contributed by atoms with E-state index in [-0.39, 0.29) is 0 Å². The minimum Gasteiger partial charge on any atom is -0.424 e. The third kappa shape index (κ3) is 0.964. The van der Waals surface area contributed by atoms with Crippen molar-refractivity contribution in [3.05, 3.63) is 11.7 Å². The van der Waals surface area contributed by atoms with Gasteiger partial charge < -0.3 is 4.84 Å². The molecule has 1 aliphatic heterocycles. The van der Waals surface area contributed by atoms with Crippen LogP contribution in [0.25, 0.3) is 0 Å². The van der Waals surface area contributed by atoms with Crippen molar-refractivity contribution < 1.29 is 4.84 Å². The molecule has 1 N–H and O–H groups in total. The zero-order valence-electron chi connectivity index (χ0n) is 4.56. The Hall–Kier alpha value is -0.435. The minimum atomic E-state index is 0.389. The molecule has 2 nitrogen and oxygen atoms in total. The van der Waals surface area contributed by atoms with Gasteiger partial charge in [-0.15, -0.1) is 0 Å². The lowest BCUT2D eigenvalue weighted by molar-refractivity contribution is 0.137. The highest BCUT2D eigenvalue weighted by Gasteiger charge is 2.05. The average molecular weight is 96.9 g/mol. The van der Waals surface area contributed by atoms with Crippen molar-refractivity contribution >= 4 is 7.85 Å². The summed E-state index contributed by atoms with van der Waals surface area (Å²) in [4.78, 5) is 4.88. The minimum absolute atomic E-state index is 0.389. The molecule has 0 saturated heterocycles. The molecule has 1 aliphatic rings. The molecule has 1 atom stereocenters. The number of hydroxylamine groups is 1. The van der Waals surface area contributed by atoms with E-state index in [2.05, 4.69) is 5.48 Å². The van der Waals surface area contributed by atoms with Crippen LogP contribution in [0, 0.1) is 0 Å². The molecule has 0 amide bonds. The fraction of sp³-hybridized carbons (Fsp3) is 0.500. The van der Waals surface area contributed by atoms with Gasteiger partial charge >= 0.3 is 0 Å². The molecule has 3 heteroatoms. The van der Waals surface area contributed by atoms with Gasteiger partial charge in [0.15, 0.2) is 7.85 Å². The topological polar surface area (TPSA) is 21.3 Å². The van der Waals surface area contributed by atoms with Crippen LogP contribution in [0.5, 0.6) is 0 Å². The first kappa shape index (κ1) is 4.72. The van der Waals surface area contributed by atoms with Gasteiger partial charge in [0.1, 0.15) is 0 Å².